The summed E-state index contributed by atoms with van der Waals surface area (Å²) in [6.45, 7) is -0.0544. The number of nitrogens with zero attached hydrogens (tertiary/aromatic N) is 3. The summed E-state index contributed by atoms with van der Waals surface area (Å²) in [5.41, 5.74) is 2.82. The number of aromatic nitrogens is 2. The van der Waals surface area contributed by atoms with Crippen molar-refractivity contribution >= 4 is 50.0 Å². The molecule has 2 aromatic heterocycles. The highest BCUT2D eigenvalue weighted by Gasteiger charge is 2.14. The van der Waals surface area contributed by atoms with E-state index in [1.54, 1.807) is 18.3 Å². The van der Waals surface area contributed by atoms with Crippen LogP contribution in [0.4, 0.5) is 4.39 Å². The molecule has 0 radical (unpaired) electrons. The van der Waals surface area contributed by atoms with Crippen molar-refractivity contribution < 1.29 is 9.23 Å². The van der Waals surface area contributed by atoms with Crippen LogP contribution in [-0.2, 0) is 11.4 Å². The molecular weight excluding hydrogens is 453 g/mol. The lowest BCUT2D eigenvalue weighted by molar-refractivity contribution is 0.129. The van der Waals surface area contributed by atoms with Crippen molar-refractivity contribution in [3.63, 3.8) is 0 Å². The van der Waals surface area contributed by atoms with Crippen LogP contribution >= 0.6 is 38.9 Å². The molecule has 0 N–H and O–H groups in total. The highest BCUT2D eigenvalue weighted by Crippen LogP contribution is 2.27. The third-order valence-electron chi connectivity index (χ3n) is 3.94. The number of oxime groups is 1. The van der Waals surface area contributed by atoms with Crippen LogP contribution in [0.25, 0.3) is 16.2 Å². The monoisotopic (exact) mass is 463 g/mol. The summed E-state index contributed by atoms with van der Waals surface area (Å²) in [6, 6.07) is 12.4. The second kappa shape index (κ2) is 7.80. The Morgan fingerprint density at radius 2 is 2.07 bits per heavy atom. The summed E-state index contributed by atoms with van der Waals surface area (Å²) < 4.78 is 16.7. The van der Waals surface area contributed by atoms with Crippen LogP contribution in [0.2, 0.25) is 5.02 Å². The number of benzene rings is 2. The van der Waals surface area contributed by atoms with E-state index < -0.39 is 5.82 Å². The van der Waals surface area contributed by atoms with Crippen LogP contribution < -0.4 is 0 Å². The minimum Gasteiger partial charge on any atom is -0.391 e. The van der Waals surface area contributed by atoms with E-state index >= 15 is 0 Å². The largest absolute Gasteiger partial charge is 0.391 e. The Hall–Kier alpha value is -2.22. The molecule has 4 rings (SSSR count). The summed E-state index contributed by atoms with van der Waals surface area (Å²) in [5, 5.41) is 6.27. The zero-order chi connectivity index (χ0) is 18.8. The van der Waals surface area contributed by atoms with Gasteiger partial charge in [-0.1, -0.05) is 50.9 Å². The highest BCUT2D eigenvalue weighted by atomic mass is 79.9. The molecule has 0 bridgehead atoms. The topological polar surface area (TPSA) is 38.9 Å². The number of hydrogen-bond acceptors (Lipinski definition) is 4. The van der Waals surface area contributed by atoms with Crippen LogP contribution in [0, 0.1) is 5.82 Å². The average Bonchev–Trinajstić information content (AvgIpc) is 3.23. The van der Waals surface area contributed by atoms with Gasteiger partial charge in [-0.3, -0.25) is 4.40 Å². The molecule has 2 aromatic carbocycles. The first-order valence-electron chi connectivity index (χ1n) is 7.93. The van der Waals surface area contributed by atoms with E-state index in [4.69, 9.17) is 16.4 Å². The van der Waals surface area contributed by atoms with E-state index in [2.05, 4.69) is 26.1 Å². The molecule has 136 valence electrons. The number of imidazole rings is 1. The van der Waals surface area contributed by atoms with E-state index in [0.29, 0.717) is 5.02 Å². The zero-order valence-corrected chi connectivity index (χ0v) is 16.9. The SMILES string of the molecule is Fc1cccc(Cl)c1CO/N=C/c1c(-c2ccc(Br)cc2)nc2sccn12. The quantitative estimate of drug-likeness (QED) is 0.262. The molecule has 0 fully saturated rings. The average molecular weight is 465 g/mol. The molecule has 4 aromatic rings. The minimum absolute atomic E-state index is 0.0544. The van der Waals surface area contributed by atoms with Crippen LogP contribution in [0.15, 0.2) is 63.7 Å². The zero-order valence-electron chi connectivity index (χ0n) is 13.8. The van der Waals surface area contributed by atoms with Crippen LogP contribution in [-0.4, -0.2) is 15.6 Å². The third-order valence-corrected chi connectivity index (χ3v) is 5.58. The predicted octanol–water partition coefficient (Wildman–Crippen LogP) is 6.17. The van der Waals surface area contributed by atoms with Crippen molar-refractivity contribution in [3.05, 3.63) is 80.6 Å². The number of rotatable bonds is 5. The Balaban J connectivity index is 1.61. The van der Waals surface area contributed by atoms with Gasteiger partial charge in [-0.05, 0) is 24.3 Å². The summed E-state index contributed by atoms with van der Waals surface area (Å²) in [4.78, 5) is 10.8. The maximum absolute atomic E-state index is 13.8. The van der Waals surface area contributed by atoms with Gasteiger partial charge in [0, 0.05) is 27.2 Å². The molecule has 0 saturated heterocycles. The van der Waals surface area contributed by atoms with E-state index in [-0.39, 0.29) is 12.2 Å². The molecule has 0 aliphatic rings. The minimum atomic E-state index is -0.419. The van der Waals surface area contributed by atoms with Gasteiger partial charge in [-0.15, -0.1) is 11.3 Å². The van der Waals surface area contributed by atoms with Crippen molar-refractivity contribution in [1.82, 2.24) is 9.38 Å². The molecule has 2 heterocycles. The number of fused-ring (bicyclic) bond motifs is 1. The van der Waals surface area contributed by atoms with Crippen molar-refractivity contribution in [2.75, 3.05) is 0 Å². The molecule has 0 aliphatic carbocycles. The molecule has 0 atom stereocenters. The lowest BCUT2D eigenvalue weighted by Gasteiger charge is -2.04. The number of thiazole rings is 1. The van der Waals surface area contributed by atoms with Crippen LogP contribution in [0.3, 0.4) is 0 Å². The van der Waals surface area contributed by atoms with Gasteiger partial charge in [0.15, 0.2) is 4.96 Å². The van der Waals surface area contributed by atoms with Crippen molar-refractivity contribution in [2.45, 2.75) is 6.61 Å². The summed E-state index contributed by atoms with van der Waals surface area (Å²) in [6.07, 6.45) is 3.50. The molecule has 0 spiro atoms. The second-order valence-electron chi connectivity index (χ2n) is 5.62. The van der Waals surface area contributed by atoms with Gasteiger partial charge in [0.2, 0.25) is 0 Å². The number of hydrogen-bond donors (Lipinski definition) is 0. The first kappa shape index (κ1) is 18.2. The fraction of sp³-hybridized carbons (Fsp3) is 0.0526. The van der Waals surface area contributed by atoms with E-state index in [0.717, 1.165) is 26.4 Å². The third kappa shape index (κ3) is 3.76. The predicted molar refractivity (Wildman–Crippen MR) is 110 cm³/mol. The van der Waals surface area contributed by atoms with Gasteiger partial charge >= 0.3 is 0 Å². The van der Waals surface area contributed by atoms with Crippen molar-refractivity contribution in [2.24, 2.45) is 5.16 Å². The fourth-order valence-electron chi connectivity index (χ4n) is 2.61. The van der Waals surface area contributed by atoms with E-state index in [9.17, 15) is 4.39 Å². The van der Waals surface area contributed by atoms with Gasteiger partial charge < -0.3 is 4.84 Å². The lowest BCUT2D eigenvalue weighted by atomic mass is 10.1. The molecule has 0 aliphatic heterocycles. The lowest BCUT2D eigenvalue weighted by Crippen LogP contribution is -1.96. The van der Waals surface area contributed by atoms with Crippen LogP contribution in [0.1, 0.15) is 11.3 Å². The number of halogens is 3. The van der Waals surface area contributed by atoms with Crippen molar-refractivity contribution in [3.8, 4) is 11.3 Å². The molecule has 27 heavy (non-hydrogen) atoms. The van der Waals surface area contributed by atoms with Gasteiger partial charge in [0.25, 0.3) is 0 Å². The second-order valence-corrected chi connectivity index (χ2v) is 7.81. The van der Waals surface area contributed by atoms with Crippen LogP contribution in [0.5, 0.6) is 0 Å². The maximum atomic E-state index is 13.8. The van der Waals surface area contributed by atoms with E-state index in [1.807, 2.05) is 40.2 Å². The fourth-order valence-corrected chi connectivity index (χ4v) is 3.81. The Morgan fingerprint density at radius 3 is 2.85 bits per heavy atom. The Labute approximate surface area is 172 Å². The smallest absolute Gasteiger partial charge is 0.194 e. The molecule has 0 unspecified atom stereocenters. The normalized spacial score (nSPS) is 11.5. The Morgan fingerprint density at radius 1 is 1.26 bits per heavy atom. The maximum Gasteiger partial charge on any atom is 0.194 e. The molecule has 0 saturated carbocycles. The molecule has 4 nitrogen and oxygen atoms in total. The van der Waals surface area contributed by atoms with Gasteiger partial charge in [0.1, 0.15) is 12.4 Å². The summed E-state index contributed by atoms with van der Waals surface area (Å²) in [5.74, 6) is -0.419. The Bertz CT molecular complexity index is 1100. The van der Waals surface area contributed by atoms with Gasteiger partial charge in [-0.2, -0.15) is 0 Å². The van der Waals surface area contributed by atoms with Crippen molar-refractivity contribution in [1.29, 1.82) is 0 Å². The summed E-state index contributed by atoms with van der Waals surface area (Å²) >= 11 is 11.0. The summed E-state index contributed by atoms with van der Waals surface area (Å²) in [7, 11) is 0. The molecule has 0 amide bonds. The molecular formula is C19H12BrClFN3OS. The first-order chi connectivity index (χ1) is 13.1. The Kier molecular flexibility index (Phi) is 5.24. The standard InChI is InChI=1S/C19H12BrClFN3OS/c20-13-6-4-12(5-7-13)18-17(25-8-9-27-19(25)24-18)10-23-26-11-14-15(21)2-1-3-16(14)22/h1-10H,11H2/b23-10+. The van der Waals surface area contributed by atoms with E-state index in [1.165, 1.54) is 17.4 Å². The van der Waals surface area contributed by atoms with Gasteiger partial charge in [0.05, 0.1) is 22.6 Å². The highest BCUT2D eigenvalue weighted by molar-refractivity contribution is 9.10. The van der Waals surface area contributed by atoms with Gasteiger partial charge in [-0.25, -0.2) is 9.37 Å². The molecule has 8 heteroatoms. The first-order valence-corrected chi connectivity index (χ1v) is 9.98.